The number of carbonyl (C=O) groups excluding carboxylic acids is 2. The number of amides is 1. The van der Waals surface area contributed by atoms with E-state index in [-0.39, 0.29) is 11.3 Å². The molecule has 1 amide bonds. The molecule has 0 spiro atoms. The normalized spacial score (nSPS) is 17.9. The third kappa shape index (κ3) is 2.45. The maximum atomic E-state index is 13.9. The highest BCUT2D eigenvalue weighted by atomic mass is 19.1. The molecule has 1 atom stereocenters. The summed E-state index contributed by atoms with van der Waals surface area (Å²) in [5.41, 5.74) is -0.147. The van der Waals surface area contributed by atoms with Gasteiger partial charge in [-0.25, -0.2) is 9.18 Å². The van der Waals surface area contributed by atoms with E-state index in [0.29, 0.717) is 19.4 Å². The van der Waals surface area contributed by atoms with Gasteiger partial charge >= 0.3 is 5.97 Å². The Bertz CT molecular complexity index is 532. The predicted octanol–water partition coefficient (Wildman–Crippen LogP) is 1.61. The molecule has 0 radical (unpaired) electrons. The van der Waals surface area contributed by atoms with Gasteiger partial charge in [-0.15, -0.1) is 0 Å². The molecule has 6 heteroatoms. The summed E-state index contributed by atoms with van der Waals surface area (Å²) in [6, 6.07) is 3.52. The fourth-order valence-electron chi connectivity index (χ4n) is 2.42. The molecular weight excluding hydrogens is 265 g/mol. The van der Waals surface area contributed by atoms with Gasteiger partial charge in [0.05, 0.1) is 14.2 Å². The molecule has 0 aliphatic carbocycles. The van der Waals surface area contributed by atoms with E-state index in [1.807, 2.05) is 0 Å². The van der Waals surface area contributed by atoms with Crippen LogP contribution >= 0.6 is 0 Å². The second-order valence-corrected chi connectivity index (χ2v) is 4.50. The van der Waals surface area contributed by atoms with Gasteiger partial charge in [0.2, 0.25) is 0 Å². The first-order valence-corrected chi connectivity index (χ1v) is 6.31. The Hall–Kier alpha value is -2.11. The average molecular weight is 281 g/mol. The smallest absolute Gasteiger partial charge is 0.328 e. The standard InChI is InChI=1S/C14H16FNO4/c1-19-11-7-3-5-9(15)12(11)13(17)16-8-4-6-10(16)14(18)20-2/h3,5,7,10H,4,6,8H2,1-2H3. The second kappa shape index (κ2) is 5.90. The minimum Gasteiger partial charge on any atom is -0.496 e. The van der Waals surface area contributed by atoms with E-state index in [1.54, 1.807) is 0 Å². The summed E-state index contributed by atoms with van der Waals surface area (Å²) in [5, 5.41) is 0. The zero-order chi connectivity index (χ0) is 14.7. The summed E-state index contributed by atoms with van der Waals surface area (Å²) in [5.74, 6) is -1.53. The SMILES string of the molecule is COC(=O)C1CCCN1C(=O)c1c(F)cccc1OC. The van der Waals surface area contributed by atoms with Crippen molar-refractivity contribution in [3.05, 3.63) is 29.6 Å². The largest absolute Gasteiger partial charge is 0.496 e. The summed E-state index contributed by atoms with van der Waals surface area (Å²) in [7, 11) is 2.64. The quantitative estimate of drug-likeness (QED) is 0.790. The van der Waals surface area contributed by atoms with E-state index >= 15 is 0 Å². The molecule has 0 saturated carbocycles. The topological polar surface area (TPSA) is 55.8 Å². The number of hydrogen-bond acceptors (Lipinski definition) is 4. The molecular formula is C14H16FNO4. The summed E-state index contributed by atoms with van der Waals surface area (Å²) in [6.07, 6.45) is 1.21. The zero-order valence-electron chi connectivity index (χ0n) is 11.4. The molecule has 1 saturated heterocycles. The Kier molecular flexibility index (Phi) is 4.22. The van der Waals surface area contributed by atoms with E-state index in [0.717, 1.165) is 0 Å². The lowest BCUT2D eigenvalue weighted by molar-refractivity contribution is -0.145. The summed E-state index contributed by atoms with van der Waals surface area (Å²) in [4.78, 5) is 25.5. The van der Waals surface area contributed by atoms with Crippen molar-refractivity contribution in [3.8, 4) is 5.75 Å². The highest BCUT2D eigenvalue weighted by Crippen LogP contribution is 2.27. The number of methoxy groups -OCH3 is 2. The molecule has 5 nitrogen and oxygen atoms in total. The minimum absolute atomic E-state index is 0.147. The van der Waals surface area contributed by atoms with Crippen molar-refractivity contribution >= 4 is 11.9 Å². The van der Waals surface area contributed by atoms with Crippen LogP contribution in [0, 0.1) is 5.82 Å². The van der Waals surface area contributed by atoms with Crippen molar-refractivity contribution < 1.29 is 23.5 Å². The van der Waals surface area contributed by atoms with Crippen molar-refractivity contribution in [1.82, 2.24) is 4.90 Å². The molecule has 0 N–H and O–H groups in total. The Morgan fingerprint density at radius 2 is 2.10 bits per heavy atom. The van der Waals surface area contributed by atoms with Crippen LogP contribution in [-0.2, 0) is 9.53 Å². The fourth-order valence-corrected chi connectivity index (χ4v) is 2.42. The van der Waals surface area contributed by atoms with Crippen LogP contribution in [0.4, 0.5) is 4.39 Å². The van der Waals surface area contributed by atoms with Gasteiger partial charge in [-0.2, -0.15) is 0 Å². The number of ether oxygens (including phenoxy) is 2. The molecule has 1 unspecified atom stereocenters. The first-order chi connectivity index (χ1) is 9.60. The number of likely N-dealkylation sites (tertiary alicyclic amines) is 1. The van der Waals surface area contributed by atoms with Gasteiger partial charge in [0.15, 0.2) is 0 Å². The molecule has 0 aromatic heterocycles. The summed E-state index contributed by atoms with van der Waals surface area (Å²) in [6.45, 7) is 0.399. The lowest BCUT2D eigenvalue weighted by Crippen LogP contribution is -2.41. The molecule has 1 aliphatic heterocycles. The van der Waals surface area contributed by atoms with E-state index in [4.69, 9.17) is 4.74 Å². The van der Waals surface area contributed by atoms with Gasteiger partial charge in [-0.3, -0.25) is 4.79 Å². The van der Waals surface area contributed by atoms with Crippen LogP contribution in [0.2, 0.25) is 0 Å². The van der Waals surface area contributed by atoms with Gasteiger partial charge in [-0.1, -0.05) is 6.07 Å². The Labute approximate surface area is 116 Å². The number of nitrogens with zero attached hydrogens (tertiary/aromatic N) is 1. The Morgan fingerprint density at radius 3 is 2.75 bits per heavy atom. The van der Waals surface area contributed by atoms with Crippen LogP contribution in [0.25, 0.3) is 0 Å². The average Bonchev–Trinajstić information content (AvgIpc) is 2.94. The van der Waals surface area contributed by atoms with E-state index in [1.165, 1.54) is 37.3 Å². The van der Waals surface area contributed by atoms with Gasteiger partial charge < -0.3 is 14.4 Å². The molecule has 1 aliphatic rings. The summed E-state index contributed by atoms with van der Waals surface area (Å²) >= 11 is 0. The van der Waals surface area contributed by atoms with Gasteiger partial charge in [0, 0.05) is 6.54 Å². The molecule has 1 aromatic rings. The number of rotatable bonds is 3. The second-order valence-electron chi connectivity index (χ2n) is 4.50. The van der Waals surface area contributed by atoms with Crippen LogP contribution in [0.5, 0.6) is 5.75 Å². The molecule has 108 valence electrons. The molecule has 1 fully saturated rings. The van der Waals surface area contributed by atoms with Crippen LogP contribution in [0.1, 0.15) is 23.2 Å². The first-order valence-electron chi connectivity index (χ1n) is 6.31. The molecule has 20 heavy (non-hydrogen) atoms. The highest BCUT2D eigenvalue weighted by Gasteiger charge is 2.37. The third-order valence-corrected chi connectivity index (χ3v) is 3.40. The Morgan fingerprint density at radius 1 is 1.35 bits per heavy atom. The van der Waals surface area contributed by atoms with E-state index < -0.39 is 23.7 Å². The van der Waals surface area contributed by atoms with E-state index in [9.17, 15) is 14.0 Å². The van der Waals surface area contributed by atoms with Crippen LogP contribution in [-0.4, -0.2) is 43.6 Å². The molecule has 1 heterocycles. The van der Waals surface area contributed by atoms with Gasteiger partial charge in [-0.05, 0) is 25.0 Å². The number of halogens is 1. The first kappa shape index (κ1) is 14.3. The molecule has 2 rings (SSSR count). The van der Waals surface area contributed by atoms with E-state index in [2.05, 4.69) is 4.74 Å². The maximum absolute atomic E-state index is 13.9. The van der Waals surface area contributed by atoms with Crippen molar-refractivity contribution in [2.45, 2.75) is 18.9 Å². The number of benzene rings is 1. The zero-order valence-corrected chi connectivity index (χ0v) is 11.4. The highest BCUT2D eigenvalue weighted by molar-refractivity contribution is 5.99. The minimum atomic E-state index is -0.662. The molecule has 0 bridgehead atoms. The monoisotopic (exact) mass is 281 g/mol. The lowest BCUT2D eigenvalue weighted by Gasteiger charge is -2.23. The number of hydrogen-bond donors (Lipinski definition) is 0. The predicted molar refractivity (Wildman–Crippen MR) is 69.0 cm³/mol. The van der Waals surface area contributed by atoms with Crippen molar-refractivity contribution in [3.63, 3.8) is 0 Å². The van der Waals surface area contributed by atoms with Crippen molar-refractivity contribution in [1.29, 1.82) is 0 Å². The molecule has 1 aromatic carbocycles. The fraction of sp³-hybridized carbons (Fsp3) is 0.429. The van der Waals surface area contributed by atoms with Crippen molar-refractivity contribution in [2.24, 2.45) is 0 Å². The Balaban J connectivity index is 2.34. The van der Waals surface area contributed by atoms with Crippen LogP contribution < -0.4 is 4.74 Å². The van der Waals surface area contributed by atoms with Crippen molar-refractivity contribution in [2.75, 3.05) is 20.8 Å². The number of carbonyl (C=O) groups is 2. The van der Waals surface area contributed by atoms with Crippen LogP contribution in [0.3, 0.4) is 0 Å². The number of esters is 1. The lowest BCUT2D eigenvalue weighted by atomic mass is 10.1. The van der Waals surface area contributed by atoms with Crippen LogP contribution in [0.15, 0.2) is 18.2 Å². The summed E-state index contributed by atoms with van der Waals surface area (Å²) < 4.78 is 23.6. The maximum Gasteiger partial charge on any atom is 0.328 e. The van der Waals surface area contributed by atoms with Gasteiger partial charge in [0.25, 0.3) is 5.91 Å². The third-order valence-electron chi connectivity index (χ3n) is 3.40. The van der Waals surface area contributed by atoms with Gasteiger partial charge in [0.1, 0.15) is 23.2 Å².